The second-order valence-electron chi connectivity index (χ2n) is 4.24. The molecule has 4 heteroatoms. The summed E-state index contributed by atoms with van der Waals surface area (Å²) in [5.41, 5.74) is 0.940. The highest BCUT2D eigenvalue weighted by molar-refractivity contribution is 7.99. The number of hydrogen-bond acceptors (Lipinski definition) is 4. The van der Waals surface area contributed by atoms with Crippen molar-refractivity contribution in [2.24, 2.45) is 0 Å². The van der Waals surface area contributed by atoms with Crippen molar-refractivity contribution < 1.29 is 5.11 Å². The Morgan fingerprint density at radius 2 is 2.44 bits per heavy atom. The molecule has 1 N–H and O–H groups in total. The third-order valence-corrected chi connectivity index (χ3v) is 4.10. The van der Waals surface area contributed by atoms with Gasteiger partial charge in [0.05, 0.1) is 6.10 Å². The van der Waals surface area contributed by atoms with E-state index < -0.39 is 6.10 Å². The van der Waals surface area contributed by atoms with Crippen LogP contribution in [0.2, 0.25) is 0 Å². The van der Waals surface area contributed by atoms with Gasteiger partial charge in [0, 0.05) is 30.3 Å². The fourth-order valence-corrected chi connectivity index (χ4v) is 2.93. The predicted molar refractivity (Wildman–Crippen MR) is 69.0 cm³/mol. The number of rotatable bonds is 2. The molecule has 0 radical (unpaired) electrons. The molecule has 2 rings (SSSR count). The summed E-state index contributed by atoms with van der Waals surface area (Å²) in [6.45, 7) is 5.06. The van der Waals surface area contributed by atoms with Crippen molar-refractivity contribution in [1.82, 2.24) is 4.98 Å². The van der Waals surface area contributed by atoms with Crippen LogP contribution in [0.4, 0.5) is 5.82 Å². The molecule has 1 saturated heterocycles. The number of aromatic nitrogens is 1. The molecule has 1 aromatic rings. The number of aliphatic hydroxyl groups excluding tert-OH is 1. The van der Waals surface area contributed by atoms with E-state index in [2.05, 4.69) is 16.8 Å². The molecule has 1 aliphatic rings. The predicted octanol–water partition coefficient (Wildman–Crippen LogP) is 2.08. The van der Waals surface area contributed by atoms with Crippen LogP contribution in [0.15, 0.2) is 18.3 Å². The monoisotopic (exact) mass is 238 g/mol. The zero-order valence-corrected chi connectivity index (χ0v) is 10.6. The Hall–Kier alpha value is -0.740. The lowest BCUT2D eigenvalue weighted by Crippen LogP contribution is -2.40. The van der Waals surface area contributed by atoms with E-state index in [9.17, 15) is 5.11 Å². The Labute approximate surface area is 101 Å². The Balaban J connectivity index is 2.21. The molecule has 0 amide bonds. The van der Waals surface area contributed by atoms with Gasteiger partial charge in [0.25, 0.3) is 0 Å². The summed E-state index contributed by atoms with van der Waals surface area (Å²) in [5.74, 6) is 3.30. The van der Waals surface area contributed by atoms with Crippen LogP contribution in [0.5, 0.6) is 0 Å². The van der Waals surface area contributed by atoms with Crippen molar-refractivity contribution in [1.29, 1.82) is 0 Å². The molecule has 1 aliphatic heterocycles. The zero-order chi connectivity index (χ0) is 11.5. The number of anilines is 1. The third kappa shape index (κ3) is 2.50. The van der Waals surface area contributed by atoms with Crippen LogP contribution in [-0.2, 0) is 0 Å². The van der Waals surface area contributed by atoms with E-state index in [0.717, 1.165) is 29.4 Å². The van der Waals surface area contributed by atoms with Gasteiger partial charge in [-0.1, -0.05) is 0 Å². The number of nitrogens with zero attached hydrogens (tertiary/aromatic N) is 2. The molecular formula is C12H18N2OS. The zero-order valence-electron chi connectivity index (χ0n) is 9.76. The minimum atomic E-state index is -0.420. The number of thioether (sulfide) groups is 1. The smallest absolute Gasteiger partial charge is 0.129 e. The van der Waals surface area contributed by atoms with E-state index in [1.807, 2.05) is 23.9 Å². The van der Waals surface area contributed by atoms with E-state index in [0.29, 0.717) is 6.04 Å². The van der Waals surface area contributed by atoms with Crippen LogP contribution in [-0.4, -0.2) is 34.2 Å². The van der Waals surface area contributed by atoms with Gasteiger partial charge in [0.1, 0.15) is 5.82 Å². The topological polar surface area (TPSA) is 36.4 Å². The molecule has 1 aromatic heterocycles. The van der Waals surface area contributed by atoms with Crippen LogP contribution in [0.1, 0.15) is 25.5 Å². The van der Waals surface area contributed by atoms with Crippen LogP contribution >= 0.6 is 11.8 Å². The van der Waals surface area contributed by atoms with Gasteiger partial charge < -0.3 is 10.0 Å². The normalized spacial score (nSPS) is 23.2. The van der Waals surface area contributed by atoms with Crippen LogP contribution in [0, 0.1) is 0 Å². The van der Waals surface area contributed by atoms with Gasteiger partial charge in [-0.25, -0.2) is 4.98 Å². The Morgan fingerprint density at radius 1 is 1.62 bits per heavy atom. The summed E-state index contributed by atoms with van der Waals surface area (Å²) in [6.07, 6.45) is 1.36. The summed E-state index contributed by atoms with van der Waals surface area (Å²) in [6, 6.07) is 4.39. The fourth-order valence-electron chi connectivity index (χ4n) is 1.92. The second-order valence-corrected chi connectivity index (χ2v) is 5.39. The average molecular weight is 238 g/mol. The van der Waals surface area contributed by atoms with Crippen molar-refractivity contribution in [2.75, 3.05) is 23.0 Å². The molecule has 16 heavy (non-hydrogen) atoms. The standard InChI is InChI=1S/C12H18N2OS/c1-9-8-16-6-5-14(9)12-7-11(10(2)15)3-4-13-12/h3-4,7,9-10,15H,5-6,8H2,1-2H3/t9?,10-/m1/s1. The maximum atomic E-state index is 9.56. The SMILES string of the molecule is CC1CSCCN1c1cc([C@@H](C)O)ccn1. The molecule has 0 aromatic carbocycles. The highest BCUT2D eigenvalue weighted by atomic mass is 32.2. The minimum Gasteiger partial charge on any atom is -0.389 e. The molecule has 1 fully saturated rings. The van der Waals surface area contributed by atoms with Gasteiger partial charge in [-0.2, -0.15) is 11.8 Å². The Morgan fingerprint density at radius 3 is 3.12 bits per heavy atom. The molecular weight excluding hydrogens is 220 g/mol. The van der Waals surface area contributed by atoms with Gasteiger partial charge in [0.2, 0.25) is 0 Å². The molecule has 2 heterocycles. The molecule has 2 atom stereocenters. The molecule has 0 spiro atoms. The van der Waals surface area contributed by atoms with Crippen molar-refractivity contribution in [3.05, 3.63) is 23.9 Å². The third-order valence-electron chi connectivity index (χ3n) is 2.91. The first-order chi connectivity index (χ1) is 7.68. The van der Waals surface area contributed by atoms with Crippen LogP contribution in [0.3, 0.4) is 0 Å². The average Bonchev–Trinajstić information content (AvgIpc) is 2.30. The summed E-state index contributed by atoms with van der Waals surface area (Å²) in [4.78, 5) is 6.72. The second kappa shape index (κ2) is 5.06. The largest absolute Gasteiger partial charge is 0.389 e. The maximum absolute atomic E-state index is 9.56. The number of hydrogen-bond donors (Lipinski definition) is 1. The maximum Gasteiger partial charge on any atom is 0.129 e. The van der Waals surface area contributed by atoms with Crippen molar-refractivity contribution in [2.45, 2.75) is 26.0 Å². The van der Waals surface area contributed by atoms with E-state index in [-0.39, 0.29) is 0 Å². The fraction of sp³-hybridized carbons (Fsp3) is 0.583. The minimum absolute atomic E-state index is 0.420. The van der Waals surface area contributed by atoms with Crippen molar-refractivity contribution >= 4 is 17.6 Å². The first-order valence-corrected chi connectivity index (χ1v) is 6.82. The lowest BCUT2D eigenvalue weighted by atomic mass is 10.1. The summed E-state index contributed by atoms with van der Waals surface area (Å²) < 4.78 is 0. The molecule has 88 valence electrons. The lowest BCUT2D eigenvalue weighted by Gasteiger charge is -2.34. The molecule has 3 nitrogen and oxygen atoms in total. The Kier molecular flexibility index (Phi) is 3.71. The number of aliphatic hydroxyl groups is 1. The molecule has 1 unspecified atom stereocenters. The van der Waals surface area contributed by atoms with E-state index >= 15 is 0 Å². The van der Waals surface area contributed by atoms with Gasteiger partial charge >= 0.3 is 0 Å². The highest BCUT2D eigenvalue weighted by Gasteiger charge is 2.20. The van der Waals surface area contributed by atoms with Gasteiger partial charge in [0.15, 0.2) is 0 Å². The van der Waals surface area contributed by atoms with E-state index in [1.165, 1.54) is 0 Å². The van der Waals surface area contributed by atoms with Gasteiger partial charge in [-0.05, 0) is 31.5 Å². The van der Waals surface area contributed by atoms with Crippen LogP contribution < -0.4 is 4.90 Å². The number of pyridine rings is 1. The molecule has 0 aliphatic carbocycles. The quantitative estimate of drug-likeness (QED) is 0.856. The first kappa shape index (κ1) is 11.7. The van der Waals surface area contributed by atoms with E-state index in [4.69, 9.17) is 0 Å². The van der Waals surface area contributed by atoms with E-state index in [1.54, 1.807) is 13.1 Å². The summed E-state index contributed by atoms with van der Waals surface area (Å²) in [7, 11) is 0. The summed E-state index contributed by atoms with van der Waals surface area (Å²) >= 11 is 1.99. The summed E-state index contributed by atoms with van der Waals surface area (Å²) in [5, 5.41) is 9.56. The highest BCUT2D eigenvalue weighted by Crippen LogP contribution is 2.24. The van der Waals surface area contributed by atoms with Crippen molar-refractivity contribution in [3.63, 3.8) is 0 Å². The molecule has 0 saturated carbocycles. The van der Waals surface area contributed by atoms with Crippen LogP contribution in [0.25, 0.3) is 0 Å². The lowest BCUT2D eigenvalue weighted by molar-refractivity contribution is 0.199. The first-order valence-electron chi connectivity index (χ1n) is 5.67. The Bertz CT molecular complexity index is 357. The van der Waals surface area contributed by atoms with Crippen molar-refractivity contribution in [3.8, 4) is 0 Å². The van der Waals surface area contributed by atoms with Gasteiger partial charge in [-0.15, -0.1) is 0 Å². The molecule has 0 bridgehead atoms. The van der Waals surface area contributed by atoms with Gasteiger partial charge in [-0.3, -0.25) is 0 Å².